The molecule has 1 aliphatic heterocycles. The Hall–Kier alpha value is -2.25. The summed E-state index contributed by atoms with van der Waals surface area (Å²) in [5.41, 5.74) is 2.53. The number of fused-ring (bicyclic) bond motifs is 2. The molecule has 0 unspecified atom stereocenters. The van der Waals surface area contributed by atoms with Crippen LogP contribution >= 0.6 is 0 Å². The minimum Gasteiger partial charge on any atom is -1.00 e. The summed E-state index contributed by atoms with van der Waals surface area (Å²) in [6, 6.07) is 14.4. The van der Waals surface area contributed by atoms with Gasteiger partial charge in [0.2, 0.25) is 5.36 Å². The zero-order valence-corrected chi connectivity index (χ0v) is 26.3. The van der Waals surface area contributed by atoms with E-state index in [4.69, 9.17) is 4.42 Å². The van der Waals surface area contributed by atoms with Crippen LogP contribution in [0.5, 0.6) is 0 Å². The summed E-state index contributed by atoms with van der Waals surface area (Å²) >= 11 is 0. The maximum absolute atomic E-state index is 12.5. The van der Waals surface area contributed by atoms with Gasteiger partial charge < -0.3 is 10.7 Å². The molecule has 9 nitrogen and oxygen atoms in total. The summed E-state index contributed by atoms with van der Waals surface area (Å²) in [6.45, 7) is 11.3. The van der Waals surface area contributed by atoms with Crippen LogP contribution in [0.2, 0.25) is 0 Å². The molecule has 0 amide bonds. The van der Waals surface area contributed by atoms with E-state index in [1.807, 2.05) is 64.1 Å². The first-order valence-electron chi connectivity index (χ1n) is 12.4. The molecule has 0 fully saturated rings. The maximum atomic E-state index is 12.5. The average Bonchev–Trinajstić information content (AvgIpc) is 2.87. The molecule has 1 heterocycles. The van der Waals surface area contributed by atoms with E-state index in [-0.39, 0.29) is 36.5 Å². The van der Waals surface area contributed by atoms with Crippen molar-refractivity contribution in [3.8, 4) is 22.5 Å². The van der Waals surface area contributed by atoms with Crippen molar-refractivity contribution in [3.05, 3.63) is 60.0 Å². The van der Waals surface area contributed by atoms with Gasteiger partial charge in [-0.1, -0.05) is 6.07 Å². The Morgan fingerprint density at radius 3 is 2.03 bits per heavy atom. The van der Waals surface area contributed by atoms with Gasteiger partial charge in [-0.25, -0.2) is 4.58 Å². The van der Waals surface area contributed by atoms with Crippen molar-refractivity contribution in [2.45, 2.75) is 37.5 Å². The van der Waals surface area contributed by atoms with Crippen molar-refractivity contribution in [1.29, 1.82) is 0 Å². The van der Waals surface area contributed by atoms with Crippen LogP contribution in [0.25, 0.3) is 33.4 Å². The Balaban J connectivity index is 0.00000280. The summed E-state index contributed by atoms with van der Waals surface area (Å²) < 4.78 is 76.6. The number of hydrogen-bond donors (Lipinski definition) is 2. The summed E-state index contributed by atoms with van der Waals surface area (Å²) in [6.07, 6.45) is 0. The average molecular weight is 584 g/mol. The third-order valence-corrected chi connectivity index (χ3v) is 8.49. The number of hydrogen-bond acceptors (Lipinski definition) is 6. The van der Waals surface area contributed by atoms with Crippen LogP contribution in [-0.4, -0.2) is 52.1 Å². The molecule has 4 rings (SSSR count). The van der Waals surface area contributed by atoms with Crippen LogP contribution in [0.3, 0.4) is 0 Å². The Kier molecular flexibility index (Phi) is 9.70. The van der Waals surface area contributed by atoms with E-state index in [9.17, 15) is 25.9 Å². The molecule has 1 aliphatic carbocycles. The first-order valence-corrected chi connectivity index (χ1v) is 15.2. The summed E-state index contributed by atoms with van der Waals surface area (Å²) in [5.74, 6) is 0.494. The van der Waals surface area contributed by atoms with Crippen molar-refractivity contribution >= 4 is 36.9 Å². The summed E-state index contributed by atoms with van der Waals surface area (Å²) in [4.78, 5) is 0.869. The Labute approximate surface area is 252 Å². The second-order valence-corrected chi connectivity index (χ2v) is 11.6. The van der Waals surface area contributed by atoms with Gasteiger partial charge in [-0.15, -0.1) is 0 Å². The van der Waals surface area contributed by atoms with E-state index in [0.717, 1.165) is 49.4 Å². The normalized spacial score (nSPS) is 11.9. The molecule has 2 N–H and O–H groups in total. The molecule has 0 atom stereocenters. The molecule has 204 valence electrons. The van der Waals surface area contributed by atoms with E-state index in [1.54, 1.807) is 0 Å². The molecular weight excluding hydrogens is 551 g/mol. The Bertz CT molecular complexity index is 1780. The monoisotopic (exact) mass is 583 g/mol. The number of nitrogens with zero attached hydrogens (tertiary/aromatic N) is 2. The minimum atomic E-state index is -4.88. The number of benzene rings is 3. The van der Waals surface area contributed by atoms with E-state index < -0.39 is 30.0 Å². The van der Waals surface area contributed by atoms with E-state index in [1.165, 1.54) is 6.07 Å². The van der Waals surface area contributed by atoms with Gasteiger partial charge in [0, 0.05) is 53.0 Å². The predicted octanol–water partition coefficient (Wildman–Crippen LogP) is 1.47. The quantitative estimate of drug-likeness (QED) is 0.138. The Morgan fingerprint density at radius 2 is 1.46 bits per heavy atom. The standard InChI is InChI=1S/C27H30N2O7S2.Na.H/c1-5-28(6-2)18-9-12-21-24(15-18)36-25-16-19(29(7-3)8-4)10-13-22(25)27(21)23-14-11-20(37(30,31)32)17-26(23)38(33,34)35;;/h9-17H,5-8H2,1-4H3,(H-,30,31,32,33,34,35);;/q;+1;-1/p+1. The van der Waals surface area contributed by atoms with E-state index >= 15 is 0 Å². The van der Waals surface area contributed by atoms with Gasteiger partial charge in [0.25, 0.3) is 20.2 Å². The maximum Gasteiger partial charge on any atom is 1.00 e. The van der Waals surface area contributed by atoms with Gasteiger partial charge in [-0.05, 0) is 58.0 Å². The third kappa shape index (κ3) is 6.25. The molecule has 0 aromatic heterocycles. The number of anilines is 1. The van der Waals surface area contributed by atoms with E-state index in [0.29, 0.717) is 27.9 Å². The molecule has 39 heavy (non-hydrogen) atoms. The van der Waals surface area contributed by atoms with Crippen molar-refractivity contribution in [2.24, 2.45) is 0 Å². The fourth-order valence-corrected chi connectivity index (χ4v) is 6.12. The summed E-state index contributed by atoms with van der Waals surface area (Å²) in [7, 11) is -9.60. The van der Waals surface area contributed by atoms with Crippen LogP contribution in [0.1, 0.15) is 29.1 Å². The van der Waals surface area contributed by atoms with E-state index in [2.05, 4.69) is 9.48 Å². The molecule has 2 aliphatic rings. The smallest absolute Gasteiger partial charge is 1.00 e. The van der Waals surface area contributed by atoms with Crippen LogP contribution in [0.4, 0.5) is 5.69 Å². The van der Waals surface area contributed by atoms with Crippen LogP contribution < -0.4 is 44.4 Å². The first-order chi connectivity index (χ1) is 17.9. The molecule has 2 aromatic rings. The van der Waals surface area contributed by atoms with Gasteiger partial charge in [0.1, 0.15) is 29.3 Å². The molecule has 0 saturated heterocycles. The first kappa shape index (κ1) is 31.3. The molecule has 0 bridgehead atoms. The molecule has 0 spiro atoms. The third-order valence-electron chi connectivity index (χ3n) is 6.74. The van der Waals surface area contributed by atoms with Crippen LogP contribution in [0.15, 0.2) is 68.8 Å². The van der Waals surface area contributed by atoms with Gasteiger partial charge >= 0.3 is 29.6 Å². The zero-order valence-electron chi connectivity index (χ0n) is 23.7. The molecule has 2 aromatic carbocycles. The van der Waals surface area contributed by atoms with Crippen LogP contribution in [0, 0.1) is 0 Å². The molecule has 0 saturated carbocycles. The molecule has 0 radical (unpaired) electrons. The summed E-state index contributed by atoms with van der Waals surface area (Å²) in [5, 5.41) is 1.50. The van der Waals surface area contributed by atoms with Crippen molar-refractivity contribution in [1.82, 2.24) is 4.58 Å². The fraction of sp³-hybridized carbons (Fsp3) is 0.296. The predicted molar refractivity (Wildman–Crippen MR) is 149 cm³/mol. The second kappa shape index (κ2) is 12.1. The van der Waals surface area contributed by atoms with Gasteiger partial charge in [0.05, 0.1) is 11.0 Å². The molecular formula is C27H32N2NaO7S2+. The largest absolute Gasteiger partial charge is 1.00 e. The second-order valence-electron chi connectivity index (χ2n) is 8.79. The van der Waals surface area contributed by atoms with Gasteiger partial charge in [0.15, 0.2) is 0 Å². The Morgan fingerprint density at radius 1 is 0.821 bits per heavy atom. The fourth-order valence-electron chi connectivity index (χ4n) is 4.81. The SMILES string of the molecule is CCN(CC)c1ccc2c(-c3ccc(S(=O)(=O)O)cc3S(=O)(=O)O)c3ccc(=[N+](CC)CC)cc-3oc2c1.[H-].[Na+]. The van der Waals surface area contributed by atoms with Crippen molar-refractivity contribution < 1.29 is 61.3 Å². The number of rotatable bonds is 8. The topological polar surface area (TPSA) is 128 Å². The minimum absolute atomic E-state index is 0. The van der Waals surface area contributed by atoms with Gasteiger partial charge in [-0.2, -0.15) is 16.8 Å². The zero-order chi connectivity index (χ0) is 27.8. The molecule has 12 heteroatoms. The van der Waals surface area contributed by atoms with Crippen molar-refractivity contribution in [3.63, 3.8) is 0 Å². The van der Waals surface area contributed by atoms with Crippen molar-refractivity contribution in [2.75, 3.05) is 31.1 Å². The van der Waals surface area contributed by atoms with Gasteiger partial charge in [-0.3, -0.25) is 9.11 Å². The van der Waals surface area contributed by atoms with Crippen LogP contribution in [-0.2, 0) is 20.2 Å².